The van der Waals surface area contributed by atoms with Gasteiger partial charge in [-0.05, 0) is 42.3 Å². The van der Waals surface area contributed by atoms with E-state index in [4.69, 9.17) is 0 Å². The molecule has 0 aliphatic rings. The Morgan fingerprint density at radius 1 is 1.19 bits per heavy atom. The molecule has 0 aliphatic heterocycles. The first-order chi connectivity index (χ1) is 10.1. The van der Waals surface area contributed by atoms with E-state index in [1.54, 1.807) is 7.05 Å². The van der Waals surface area contributed by atoms with Crippen LogP contribution < -0.4 is 10.6 Å². The lowest BCUT2D eigenvalue weighted by Crippen LogP contribution is -2.19. The van der Waals surface area contributed by atoms with Gasteiger partial charge in [0.2, 0.25) is 0 Å². The molecule has 0 saturated carbocycles. The second-order valence-corrected chi connectivity index (χ2v) is 5.85. The summed E-state index contributed by atoms with van der Waals surface area (Å²) < 4.78 is 1.09. The molecule has 0 radical (unpaired) electrons. The molecule has 3 nitrogen and oxygen atoms in total. The summed E-state index contributed by atoms with van der Waals surface area (Å²) in [6, 6.07) is 16.2. The first-order valence-electron chi connectivity index (χ1n) is 6.90. The van der Waals surface area contributed by atoms with E-state index < -0.39 is 0 Å². The molecule has 1 amide bonds. The molecule has 0 fully saturated rings. The highest BCUT2D eigenvalue weighted by atomic mass is 79.9. The quantitative estimate of drug-likeness (QED) is 0.867. The SMILES string of the molecule is CNC(=O)c1ccc(CN[C@@H](C)c2cccc(Br)c2)cc1. The second-order valence-electron chi connectivity index (χ2n) is 4.93. The van der Waals surface area contributed by atoms with Crippen molar-refractivity contribution >= 4 is 21.8 Å². The Morgan fingerprint density at radius 3 is 2.52 bits per heavy atom. The van der Waals surface area contributed by atoms with Crippen molar-refractivity contribution in [2.45, 2.75) is 19.5 Å². The minimum absolute atomic E-state index is 0.0583. The first-order valence-corrected chi connectivity index (χ1v) is 7.69. The van der Waals surface area contributed by atoms with Gasteiger partial charge >= 0.3 is 0 Å². The summed E-state index contributed by atoms with van der Waals surface area (Å²) in [5, 5.41) is 6.10. The average Bonchev–Trinajstić information content (AvgIpc) is 2.52. The van der Waals surface area contributed by atoms with Crippen LogP contribution >= 0.6 is 15.9 Å². The van der Waals surface area contributed by atoms with Crippen LogP contribution in [0.2, 0.25) is 0 Å². The first kappa shape index (κ1) is 15.7. The van der Waals surface area contributed by atoms with Crippen LogP contribution in [0, 0.1) is 0 Å². The summed E-state index contributed by atoms with van der Waals surface area (Å²) in [4.78, 5) is 11.5. The number of hydrogen-bond donors (Lipinski definition) is 2. The monoisotopic (exact) mass is 346 g/mol. The maximum Gasteiger partial charge on any atom is 0.251 e. The van der Waals surface area contributed by atoms with Gasteiger partial charge in [-0.25, -0.2) is 0 Å². The van der Waals surface area contributed by atoms with Gasteiger partial charge in [0.15, 0.2) is 0 Å². The molecule has 0 spiro atoms. The van der Waals surface area contributed by atoms with Crippen molar-refractivity contribution < 1.29 is 4.79 Å². The predicted octanol–water partition coefficient (Wildman–Crippen LogP) is 3.66. The molecule has 2 aromatic carbocycles. The summed E-state index contributed by atoms with van der Waals surface area (Å²) >= 11 is 3.49. The van der Waals surface area contributed by atoms with Crippen LogP contribution in [0.5, 0.6) is 0 Å². The van der Waals surface area contributed by atoms with Crippen molar-refractivity contribution in [3.63, 3.8) is 0 Å². The molecule has 2 N–H and O–H groups in total. The summed E-state index contributed by atoms with van der Waals surface area (Å²) in [6.07, 6.45) is 0. The van der Waals surface area contributed by atoms with E-state index in [1.165, 1.54) is 5.56 Å². The lowest BCUT2D eigenvalue weighted by Gasteiger charge is -2.15. The van der Waals surface area contributed by atoms with Crippen LogP contribution in [-0.4, -0.2) is 13.0 Å². The normalized spacial score (nSPS) is 12.0. The van der Waals surface area contributed by atoms with Gasteiger partial charge in [0, 0.05) is 29.7 Å². The number of halogens is 1. The van der Waals surface area contributed by atoms with Crippen LogP contribution in [0.3, 0.4) is 0 Å². The fourth-order valence-electron chi connectivity index (χ4n) is 2.08. The molecule has 1 atom stereocenters. The predicted molar refractivity (Wildman–Crippen MR) is 89.2 cm³/mol. The van der Waals surface area contributed by atoms with Crippen LogP contribution in [0.1, 0.15) is 34.5 Å². The molecule has 0 unspecified atom stereocenters. The van der Waals surface area contributed by atoms with E-state index >= 15 is 0 Å². The molecule has 0 aliphatic carbocycles. The molecular formula is C17H19BrN2O. The molecular weight excluding hydrogens is 328 g/mol. The zero-order chi connectivity index (χ0) is 15.2. The zero-order valence-electron chi connectivity index (χ0n) is 12.2. The smallest absolute Gasteiger partial charge is 0.251 e. The fraction of sp³-hybridized carbons (Fsp3) is 0.235. The molecule has 0 bridgehead atoms. The van der Waals surface area contributed by atoms with Crippen molar-refractivity contribution in [2.24, 2.45) is 0 Å². The minimum Gasteiger partial charge on any atom is -0.355 e. The van der Waals surface area contributed by atoms with Gasteiger partial charge in [-0.2, -0.15) is 0 Å². The molecule has 2 aromatic rings. The van der Waals surface area contributed by atoms with Crippen molar-refractivity contribution in [3.8, 4) is 0 Å². The topological polar surface area (TPSA) is 41.1 Å². The average molecular weight is 347 g/mol. The van der Waals surface area contributed by atoms with Crippen LogP contribution in [0.15, 0.2) is 53.0 Å². The van der Waals surface area contributed by atoms with Crippen LogP contribution in [0.25, 0.3) is 0 Å². The maximum absolute atomic E-state index is 11.5. The van der Waals surface area contributed by atoms with Crippen molar-refractivity contribution in [1.29, 1.82) is 0 Å². The Hall–Kier alpha value is -1.65. The van der Waals surface area contributed by atoms with Gasteiger partial charge in [-0.1, -0.05) is 40.2 Å². The Kier molecular flexibility index (Phi) is 5.53. The number of rotatable bonds is 5. The zero-order valence-corrected chi connectivity index (χ0v) is 13.8. The Bertz CT molecular complexity index is 610. The molecule has 0 heterocycles. The van der Waals surface area contributed by atoms with Crippen molar-refractivity contribution in [1.82, 2.24) is 10.6 Å². The van der Waals surface area contributed by atoms with E-state index in [0.717, 1.165) is 16.6 Å². The third-order valence-corrected chi connectivity index (χ3v) is 3.90. The second kappa shape index (κ2) is 7.38. The van der Waals surface area contributed by atoms with Crippen LogP contribution in [-0.2, 0) is 6.54 Å². The highest BCUT2D eigenvalue weighted by Gasteiger charge is 2.06. The van der Waals surface area contributed by atoms with Gasteiger partial charge in [0.1, 0.15) is 0 Å². The van der Waals surface area contributed by atoms with E-state index in [0.29, 0.717) is 5.56 Å². The number of hydrogen-bond acceptors (Lipinski definition) is 2. The number of nitrogens with one attached hydrogen (secondary N) is 2. The largest absolute Gasteiger partial charge is 0.355 e. The minimum atomic E-state index is -0.0583. The summed E-state index contributed by atoms with van der Waals surface area (Å²) in [6.45, 7) is 2.91. The standard InChI is InChI=1S/C17H19BrN2O/c1-12(15-4-3-5-16(18)10-15)20-11-13-6-8-14(9-7-13)17(21)19-2/h3-10,12,20H,11H2,1-2H3,(H,19,21)/t12-/m0/s1. The Balaban J connectivity index is 1.95. The fourth-order valence-corrected chi connectivity index (χ4v) is 2.50. The Morgan fingerprint density at radius 2 is 1.90 bits per heavy atom. The maximum atomic E-state index is 11.5. The van der Waals surface area contributed by atoms with Gasteiger partial charge in [-0.3, -0.25) is 4.79 Å². The molecule has 0 aromatic heterocycles. The van der Waals surface area contributed by atoms with Gasteiger partial charge in [0.05, 0.1) is 0 Å². The molecule has 21 heavy (non-hydrogen) atoms. The summed E-state index contributed by atoms with van der Waals surface area (Å²) in [7, 11) is 1.64. The third kappa shape index (κ3) is 4.41. The molecule has 110 valence electrons. The number of amides is 1. The van der Waals surface area contributed by atoms with Gasteiger partial charge in [0.25, 0.3) is 5.91 Å². The molecule has 2 rings (SSSR count). The summed E-state index contributed by atoms with van der Waals surface area (Å²) in [5.74, 6) is -0.0583. The third-order valence-electron chi connectivity index (χ3n) is 3.40. The highest BCUT2D eigenvalue weighted by Crippen LogP contribution is 2.18. The number of carbonyl (C=O) groups excluding carboxylic acids is 1. The summed E-state index contributed by atoms with van der Waals surface area (Å²) in [5.41, 5.74) is 3.08. The van der Waals surface area contributed by atoms with Crippen molar-refractivity contribution in [3.05, 3.63) is 69.7 Å². The lowest BCUT2D eigenvalue weighted by atomic mass is 10.1. The van der Waals surface area contributed by atoms with Gasteiger partial charge < -0.3 is 10.6 Å². The highest BCUT2D eigenvalue weighted by molar-refractivity contribution is 9.10. The van der Waals surface area contributed by atoms with Crippen LogP contribution in [0.4, 0.5) is 0 Å². The van der Waals surface area contributed by atoms with E-state index in [-0.39, 0.29) is 11.9 Å². The Labute approximate surface area is 133 Å². The molecule has 4 heteroatoms. The van der Waals surface area contributed by atoms with Gasteiger partial charge in [-0.15, -0.1) is 0 Å². The van der Waals surface area contributed by atoms with E-state index in [9.17, 15) is 4.79 Å². The lowest BCUT2D eigenvalue weighted by molar-refractivity contribution is 0.0963. The van der Waals surface area contributed by atoms with E-state index in [2.05, 4.69) is 45.6 Å². The number of benzene rings is 2. The van der Waals surface area contributed by atoms with Crippen molar-refractivity contribution in [2.75, 3.05) is 7.05 Å². The van der Waals surface area contributed by atoms with E-state index in [1.807, 2.05) is 36.4 Å². The molecule has 0 saturated heterocycles. The number of carbonyl (C=O) groups is 1.